The van der Waals surface area contributed by atoms with Gasteiger partial charge in [-0.05, 0) is 62.2 Å². The van der Waals surface area contributed by atoms with Crippen molar-refractivity contribution in [3.63, 3.8) is 0 Å². The van der Waals surface area contributed by atoms with Gasteiger partial charge in [-0.1, -0.05) is 17.7 Å². The zero-order valence-corrected chi connectivity index (χ0v) is 17.3. The van der Waals surface area contributed by atoms with Gasteiger partial charge in [-0.25, -0.2) is 4.98 Å². The molecule has 0 atom stereocenters. The molecule has 150 valence electrons. The smallest absolute Gasteiger partial charge is 0.272 e. The lowest BCUT2D eigenvalue weighted by Crippen LogP contribution is -2.39. The minimum Gasteiger partial charge on any atom is -0.381 e. The molecule has 0 unspecified atom stereocenters. The van der Waals surface area contributed by atoms with E-state index in [1.807, 2.05) is 10.8 Å². The molecule has 0 radical (unpaired) electrons. The van der Waals surface area contributed by atoms with Gasteiger partial charge in [0.15, 0.2) is 10.9 Å². The van der Waals surface area contributed by atoms with E-state index in [1.54, 1.807) is 18.3 Å². The summed E-state index contributed by atoms with van der Waals surface area (Å²) < 4.78 is 7.35. The number of rotatable bonds is 5. The van der Waals surface area contributed by atoms with E-state index >= 15 is 0 Å². The molecule has 29 heavy (non-hydrogen) atoms. The Labute approximate surface area is 173 Å². The van der Waals surface area contributed by atoms with Crippen molar-refractivity contribution < 1.29 is 9.53 Å². The summed E-state index contributed by atoms with van der Waals surface area (Å²) in [5.41, 5.74) is 3.80. The van der Waals surface area contributed by atoms with Gasteiger partial charge in [0.05, 0.1) is 5.69 Å². The Morgan fingerprint density at radius 1 is 1.17 bits per heavy atom. The second kappa shape index (κ2) is 8.75. The first-order valence-electron chi connectivity index (χ1n) is 9.61. The fraction of sp³-hybridized carbons (Fsp3) is 0.333. The molecule has 0 bridgehead atoms. The third kappa shape index (κ3) is 4.65. The van der Waals surface area contributed by atoms with Crippen LogP contribution < -0.4 is 5.32 Å². The van der Waals surface area contributed by atoms with E-state index in [1.165, 1.54) is 22.9 Å². The number of benzene rings is 1. The van der Waals surface area contributed by atoms with Crippen LogP contribution in [0.5, 0.6) is 0 Å². The third-order valence-corrected chi connectivity index (χ3v) is 5.76. The number of aromatic nitrogens is 4. The molecule has 8 heteroatoms. The number of nitrogens with zero attached hydrogens (tertiary/aromatic N) is 4. The molecule has 4 rings (SSSR count). The molecule has 2 aromatic heterocycles. The summed E-state index contributed by atoms with van der Waals surface area (Å²) in [5.74, 6) is -0.197. The van der Waals surface area contributed by atoms with Gasteiger partial charge in [-0.2, -0.15) is 0 Å². The second-order valence-electron chi connectivity index (χ2n) is 7.09. The molecule has 1 amide bonds. The molecule has 1 aliphatic heterocycles. The summed E-state index contributed by atoms with van der Waals surface area (Å²) in [4.78, 5) is 16.8. The average Bonchev–Trinajstić information content (AvgIpc) is 3.17. The van der Waals surface area contributed by atoms with Crippen molar-refractivity contribution in [2.45, 2.75) is 42.9 Å². The molecule has 1 aliphatic rings. The maximum absolute atomic E-state index is 12.4. The van der Waals surface area contributed by atoms with Crippen LogP contribution in [-0.2, 0) is 4.74 Å². The maximum Gasteiger partial charge on any atom is 0.272 e. The van der Waals surface area contributed by atoms with Crippen LogP contribution in [0.1, 0.15) is 34.5 Å². The quantitative estimate of drug-likeness (QED) is 0.696. The Morgan fingerprint density at radius 2 is 2.00 bits per heavy atom. The van der Waals surface area contributed by atoms with Crippen molar-refractivity contribution in [2.75, 3.05) is 13.2 Å². The van der Waals surface area contributed by atoms with E-state index in [0.717, 1.165) is 23.7 Å². The van der Waals surface area contributed by atoms with E-state index in [4.69, 9.17) is 4.74 Å². The number of aryl methyl sites for hydroxylation is 2. The van der Waals surface area contributed by atoms with E-state index < -0.39 is 0 Å². The van der Waals surface area contributed by atoms with Crippen molar-refractivity contribution in [1.82, 2.24) is 25.1 Å². The van der Waals surface area contributed by atoms with Gasteiger partial charge in [-0.15, -0.1) is 10.2 Å². The first-order chi connectivity index (χ1) is 14.1. The predicted molar refractivity (Wildman–Crippen MR) is 111 cm³/mol. The monoisotopic (exact) mass is 409 g/mol. The Hall–Kier alpha value is -2.71. The molecule has 0 aliphatic carbocycles. The van der Waals surface area contributed by atoms with Crippen LogP contribution in [-0.4, -0.2) is 44.9 Å². The first kappa shape index (κ1) is 19.6. The number of carbonyl (C=O) groups is 1. The molecule has 0 spiro atoms. The average molecular weight is 410 g/mol. The minimum atomic E-state index is -0.197. The fourth-order valence-corrected chi connectivity index (χ4v) is 4.09. The van der Waals surface area contributed by atoms with Gasteiger partial charge in [0, 0.05) is 31.6 Å². The molecule has 3 heterocycles. The van der Waals surface area contributed by atoms with Crippen LogP contribution >= 0.6 is 11.8 Å². The summed E-state index contributed by atoms with van der Waals surface area (Å²) in [6.07, 6.45) is 5.36. The largest absolute Gasteiger partial charge is 0.381 e. The number of carbonyl (C=O) groups excluding carboxylic acids is 1. The SMILES string of the molecule is Cc1ccc(-n2ccnc2Sc2ccc(C(=O)NC3CCOCC3)nn2)c(C)c1. The van der Waals surface area contributed by atoms with Crippen LogP contribution in [0.3, 0.4) is 0 Å². The number of hydrogen-bond donors (Lipinski definition) is 1. The van der Waals surface area contributed by atoms with E-state index in [-0.39, 0.29) is 11.9 Å². The minimum absolute atomic E-state index is 0.136. The molecule has 7 nitrogen and oxygen atoms in total. The van der Waals surface area contributed by atoms with Crippen LogP contribution in [0.2, 0.25) is 0 Å². The van der Waals surface area contributed by atoms with Gasteiger partial charge in [-0.3, -0.25) is 9.36 Å². The highest BCUT2D eigenvalue weighted by Crippen LogP contribution is 2.28. The van der Waals surface area contributed by atoms with Crippen LogP contribution in [0.25, 0.3) is 5.69 Å². The molecular weight excluding hydrogens is 386 g/mol. The third-order valence-electron chi connectivity index (χ3n) is 4.84. The lowest BCUT2D eigenvalue weighted by atomic mass is 10.1. The van der Waals surface area contributed by atoms with Gasteiger partial charge in [0.1, 0.15) is 5.03 Å². The number of nitrogens with one attached hydrogen (secondary N) is 1. The van der Waals surface area contributed by atoms with Crippen LogP contribution in [0.4, 0.5) is 0 Å². The Bertz CT molecular complexity index is 997. The zero-order valence-electron chi connectivity index (χ0n) is 16.5. The summed E-state index contributed by atoms with van der Waals surface area (Å²) >= 11 is 1.41. The summed E-state index contributed by atoms with van der Waals surface area (Å²) in [6, 6.07) is 9.97. The number of imidazole rings is 1. The Morgan fingerprint density at radius 3 is 2.72 bits per heavy atom. The fourth-order valence-electron chi connectivity index (χ4n) is 3.31. The number of amides is 1. The summed E-state index contributed by atoms with van der Waals surface area (Å²) in [7, 11) is 0. The lowest BCUT2D eigenvalue weighted by molar-refractivity contribution is 0.0693. The molecule has 1 fully saturated rings. The molecule has 1 saturated heterocycles. The highest BCUT2D eigenvalue weighted by Gasteiger charge is 2.18. The standard InChI is InChI=1S/C21H23N5O2S/c1-14-3-5-18(15(2)13-14)26-10-9-22-21(26)29-19-6-4-17(24-25-19)20(27)23-16-7-11-28-12-8-16/h3-6,9-10,13,16H,7-8,11-12H2,1-2H3,(H,23,27). The van der Waals surface area contributed by atoms with E-state index in [0.29, 0.717) is 23.9 Å². The molecule has 3 aromatic rings. The summed E-state index contributed by atoms with van der Waals surface area (Å²) in [5, 5.41) is 12.8. The van der Waals surface area contributed by atoms with Gasteiger partial charge < -0.3 is 10.1 Å². The zero-order chi connectivity index (χ0) is 20.2. The Kier molecular flexibility index (Phi) is 5.92. The highest BCUT2D eigenvalue weighted by atomic mass is 32.2. The molecule has 1 N–H and O–H groups in total. The lowest BCUT2D eigenvalue weighted by Gasteiger charge is -2.22. The molecule has 0 saturated carbocycles. The van der Waals surface area contributed by atoms with Crippen molar-refractivity contribution >= 4 is 17.7 Å². The van der Waals surface area contributed by atoms with Crippen molar-refractivity contribution in [2.24, 2.45) is 0 Å². The van der Waals surface area contributed by atoms with Gasteiger partial charge >= 0.3 is 0 Å². The van der Waals surface area contributed by atoms with Crippen molar-refractivity contribution in [3.8, 4) is 5.69 Å². The Balaban J connectivity index is 1.46. The van der Waals surface area contributed by atoms with Gasteiger partial charge in [0.2, 0.25) is 0 Å². The maximum atomic E-state index is 12.4. The van der Waals surface area contributed by atoms with Gasteiger partial charge in [0.25, 0.3) is 5.91 Å². The van der Waals surface area contributed by atoms with Crippen LogP contribution in [0, 0.1) is 13.8 Å². The molecular formula is C21H23N5O2S. The van der Waals surface area contributed by atoms with Crippen LogP contribution in [0.15, 0.2) is 52.9 Å². The number of ether oxygens (including phenoxy) is 1. The normalized spacial score (nSPS) is 14.7. The summed E-state index contributed by atoms with van der Waals surface area (Å²) in [6.45, 7) is 5.52. The van der Waals surface area contributed by atoms with Crippen molar-refractivity contribution in [3.05, 3.63) is 59.5 Å². The van der Waals surface area contributed by atoms with E-state index in [9.17, 15) is 4.79 Å². The highest BCUT2D eigenvalue weighted by molar-refractivity contribution is 7.99. The van der Waals surface area contributed by atoms with E-state index in [2.05, 4.69) is 52.5 Å². The topological polar surface area (TPSA) is 81.9 Å². The predicted octanol–water partition coefficient (Wildman–Crippen LogP) is 3.34. The molecule has 1 aromatic carbocycles. The second-order valence-corrected chi connectivity index (χ2v) is 8.08. The first-order valence-corrected chi connectivity index (χ1v) is 10.4. The van der Waals surface area contributed by atoms with Crippen molar-refractivity contribution in [1.29, 1.82) is 0 Å². The number of hydrogen-bond acceptors (Lipinski definition) is 6.